The van der Waals surface area contributed by atoms with Crippen molar-refractivity contribution in [2.75, 3.05) is 6.26 Å². The number of rotatable bonds is 4. The lowest BCUT2D eigenvalue weighted by Gasteiger charge is -2.07. The molecular formula is C17H11N3O4S. The summed E-state index contributed by atoms with van der Waals surface area (Å²) in [6.45, 7) is 0. The van der Waals surface area contributed by atoms with Gasteiger partial charge in [0.05, 0.1) is 12.0 Å². The topological polar surface area (TPSA) is 109 Å². The molecule has 2 aromatic heterocycles. The van der Waals surface area contributed by atoms with Gasteiger partial charge in [-0.1, -0.05) is 23.9 Å². The third-order valence-corrected chi connectivity index (χ3v) is 3.82. The summed E-state index contributed by atoms with van der Waals surface area (Å²) in [5.74, 6) is -0.330. The third kappa shape index (κ3) is 3.46. The van der Waals surface area contributed by atoms with Gasteiger partial charge < -0.3 is 14.1 Å². The van der Waals surface area contributed by atoms with E-state index < -0.39 is 11.5 Å². The molecule has 0 atom stereocenters. The van der Waals surface area contributed by atoms with Gasteiger partial charge in [-0.25, -0.2) is 9.78 Å². The lowest BCUT2D eigenvalue weighted by atomic mass is 10.1. The Morgan fingerprint density at radius 3 is 2.88 bits per heavy atom. The Morgan fingerprint density at radius 1 is 1.36 bits per heavy atom. The van der Waals surface area contributed by atoms with E-state index in [1.165, 1.54) is 30.2 Å². The minimum atomic E-state index is -0.647. The Morgan fingerprint density at radius 2 is 2.20 bits per heavy atom. The van der Waals surface area contributed by atoms with Gasteiger partial charge >= 0.3 is 5.97 Å². The number of carbonyl (C=O) groups excluding carboxylic acids is 1. The highest BCUT2D eigenvalue weighted by atomic mass is 32.2. The van der Waals surface area contributed by atoms with Crippen LogP contribution in [-0.4, -0.2) is 22.2 Å². The van der Waals surface area contributed by atoms with Gasteiger partial charge in [0.2, 0.25) is 5.76 Å². The van der Waals surface area contributed by atoms with E-state index in [0.29, 0.717) is 10.7 Å². The van der Waals surface area contributed by atoms with Gasteiger partial charge in [0.15, 0.2) is 5.16 Å². The van der Waals surface area contributed by atoms with Crippen molar-refractivity contribution in [3.63, 3.8) is 0 Å². The van der Waals surface area contributed by atoms with Crippen molar-refractivity contribution in [3.8, 4) is 23.1 Å². The maximum atomic E-state index is 12.0. The molecule has 0 amide bonds. The number of aromatic nitrogens is 2. The summed E-state index contributed by atoms with van der Waals surface area (Å²) in [7, 11) is 0. The number of thioether (sulfide) groups is 1. The Balaban J connectivity index is 2.00. The van der Waals surface area contributed by atoms with Gasteiger partial charge in [-0.15, -0.1) is 0 Å². The van der Waals surface area contributed by atoms with E-state index in [1.54, 1.807) is 30.5 Å². The number of benzene rings is 1. The molecule has 124 valence electrons. The zero-order chi connectivity index (χ0) is 17.8. The SMILES string of the molecule is CSc1nc(-c2cccc(OC(=O)c3ccco3)c2)c(C#N)c(=O)[nH]1. The van der Waals surface area contributed by atoms with Crippen LogP contribution in [0.1, 0.15) is 16.1 Å². The number of nitrogens with one attached hydrogen (secondary N) is 1. The van der Waals surface area contributed by atoms with E-state index >= 15 is 0 Å². The molecule has 0 aliphatic carbocycles. The number of H-pyrrole nitrogens is 1. The second-order valence-corrected chi connectivity index (χ2v) is 5.60. The number of carbonyl (C=O) groups is 1. The lowest BCUT2D eigenvalue weighted by Crippen LogP contribution is -2.14. The van der Waals surface area contributed by atoms with Crippen molar-refractivity contribution in [3.05, 3.63) is 64.3 Å². The van der Waals surface area contributed by atoms with Crippen LogP contribution in [0.2, 0.25) is 0 Å². The number of esters is 1. The normalized spacial score (nSPS) is 10.2. The highest BCUT2D eigenvalue weighted by Gasteiger charge is 2.15. The fourth-order valence-corrected chi connectivity index (χ4v) is 2.50. The summed E-state index contributed by atoms with van der Waals surface area (Å²) < 4.78 is 10.2. The molecule has 3 aromatic rings. The second kappa shape index (κ2) is 7.07. The maximum absolute atomic E-state index is 12.0. The highest BCUT2D eigenvalue weighted by molar-refractivity contribution is 7.98. The molecule has 7 nitrogen and oxygen atoms in total. The number of hydrogen-bond acceptors (Lipinski definition) is 7. The molecule has 1 N–H and O–H groups in total. The van der Waals surface area contributed by atoms with Gasteiger partial charge in [0, 0.05) is 5.56 Å². The summed E-state index contributed by atoms with van der Waals surface area (Å²) >= 11 is 1.25. The molecule has 0 saturated heterocycles. The Kier molecular flexibility index (Phi) is 4.68. The quantitative estimate of drug-likeness (QED) is 0.332. The number of aromatic amines is 1. The molecule has 0 aliphatic heterocycles. The molecule has 2 heterocycles. The van der Waals surface area contributed by atoms with E-state index in [4.69, 9.17) is 9.15 Å². The number of nitriles is 1. The average molecular weight is 353 g/mol. The molecule has 0 fully saturated rings. The van der Waals surface area contributed by atoms with Gasteiger partial charge in [0.1, 0.15) is 17.4 Å². The minimum absolute atomic E-state index is 0.0714. The predicted molar refractivity (Wildman–Crippen MR) is 90.5 cm³/mol. The van der Waals surface area contributed by atoms with Crippen molar-refractivity contribution in [2.24, 2.45) is 0 Å². The van der Waals surface area contributed by atoms with Crippen LogP contribution in [0.15, 0.2) is 57.0 Å². The number of hydrogen-bond donors (Lipinski definition) is 1. The first-order chi connectivity index (χ1) is 12.1. The zero-order valence-corrected chi connectivity index (χ0v) is 13.8. The van der Waals surface area contributed by atoms with E-state index in [1.807, 2.05) is 6.07 Å². The Labute approximate surface area is 146 Å². The van der Waals surface area contributed by atoms with E-state index in [2.05, 4.69) is 9.97 Å². The maximum Gasteiger partial charge on any atom is 0.379 e. The van der Waals surface area contributed by atoms with Crippen LogP contribution in [0.5, 0.6) is 5.75 Å². The van der Waals surface area contributed by atoms with Crippen molar-refractivity contribution in [2.45, 2.75) is 5.16 Å². The van der Waals surface area contributed by atoms with Gasteiger partial charge in [0.25, 0.3) is 5.56 Å². The number of ether oxygens (including phenoxy) is 1. The number of furan rings is 1. The van der Waals surface area contributed by atoms with Crippen molar-refractivity contribution < 1.29 is 13.9 Å². The smallest absolute Gasteiger partial charge is 0.379 e. The van der Waals surface area contributed by atoms with Crippen molar-refractivity contribution >= 4 is 17.7 Å². The van der Waals surface area contributed by atoms with Crippen LogP contribution in [0, 0.1) is 11.3 Å². The summed E-state index contributed by atoms with van der Waals surface area (Å²) in [5, 5.41) is 9.64. The van der Waals surface area contributed by atoms with E-state index in [0.717, 1.165) is 0 Å². The molecule has 3 rings (SSSR count). The van der Waals surface area contributed by atoms with Crippen LogP contribution in [-0.2, 0) is 0 Å². The fourth-order valence-electron chi connectivity index (χ4n) is 2.12. The lowest BCUT2D eigenvalue weighted by molar-refractivity contribution is 0.0701. The fraction of sp³-hybridized carbons (Fsp3) is 0.0588. The monoisotopic (exact) mass is 353 g/mol. The summed E-state index contributed by atoms with van der Waals surface area (Å²) in [6, 6.07) is 11.4. The van der Waals surface area contributed by atoms with Crippen molar-refractivity contribution in [1.29, 1.82) is 5.26 Å². The van der Waals surface area contributed by atoms with Gasteiger partial charge in [-0.3, -0.25) is 4.79 Å². The minimum Gasteiger partial charge on any atom is -0.457 e. The molecule has 0 spiro atoms. The Hall–Kier alpha value is -3.31. The molecule has 0 radical (unpaired) electrons. The summed E-state index contributed by atoms with van der Waals surface area (Å²) in [6.07, 6.45) is 3.13. The number of nitrogens with zero attached hydrogens (tertiary/aromatic N) is 2. The van der Waals surface area contributed by atoms with Crippen LogP contribution in [0.3, 0.4) is 0 Å². The molecule has 0 aliphatic rings. The molecule has 8 heteroatoms. The first-order valence-electron chi connectivity index (χ1n) is 7.07. The molecular weight excluding hydrogens is 342 g/mol. The van der Waals surface area contributed by atoms with Crippen LogP contribution in [0.4, 0.5) is 0 Å². The predicted octanol–water partition coefficient (Wildman–Crippen LogP) is 2.84. The second-order valence-electron chi connectivity index (χ2n) is 4.81. The van der Waals surface area contributed by atoms with Crippen LogP contribution >= 0.6 is 11.8 Å². The van der Waals surface area contributed by atoms with Crippen LogP contribution in [0.25, 0.3) is 11.3 Å². The largest absolute Gasteiger partial charge is 0.457 e. The standard InChI is InChI=1S/C17H11N3O4S/c1-25-17-19-14(12(9-18)15(21)20-17)10-4-2-5-11(8-10)24-16(22)13-6-3-7-23-13/h2-8H,1H3,(H,19,20,21). The Bertz CT molecular complexity index is 1020. The highest BCUT2D eigenvalue weighted by Crippen LogP contribution is 2.25. The van der Waals surface area contributed by atoms with Crippen molar-refractivity contribution in [1.82, 2.24) is 9.97 Å². The molecule has 1 aromatic carbocycles. The van der Waals surface area contributed by atoms with E-state index in [-0.39, 0.29) is 22.8 Å². The van der Waals surface area contributed by atoms with Gasteiger partial charge in [-0.2, -0.15) is 5.26 Å². The third-order valence-electron chi connectivity index (χ3n) is 3.24. The first kappa shape index (κ1) is 16.5. The summed E-state index contributed by atoms with van der Waals surface area (Å²) in [4.78, 5) is 30.8. The van der Waals surface area contributed by atoms with E-state index in [9.17, 15) is 14.9 Å². The zero-order valence-electron chi connectivity index (χ0n) is 13.0. The average Bonchev–Trinajstić information content (AvgIpc) is 3.16. The first-order valence-corrected chi connectivity index (χ1v) is 8.29. The van der Waals surface area contributed by atoms with Gasteiger partial charge in [-0.05, 0) is 30.5 Å². The summed E-state index contributed by atoms with van der Waals surface area (Å²) in [5.41, 5.74) is 0.0938. The molecule has 0 bridgehead atoms. The molecule has 0 saturated carbocycles. The molecule has 25 heavy (non-hydrogen) atoms. The molecule has 0 unspecified atom stereocenters. The van der Waals surface area contributed by atoms with Crippen LogP contribution < -0.4 is 10.3 Å².